The molecule has 1 amide bonds. The van der Waals surface area contributed by atoms with E-state index in [0.29, 0.717) is 12.8 Å². The fourth-order valence-corrected chi connectivity index (χ4v) is 3.02. The highest BCUT2D eigenvalue weighted by Gasteiger charge is 2.24. The minimum absolute atomic E-state index is 0.0398. The van der Waals surface area contributed by atoms with E-state index in [1.807, 2.05) is 51.1 Å². The molecule has 6 nitrogen and oxygen atoms in total. The summed E-state index contributed by atoms with van der Waals surface area (Å²) in [5.41, 5.74) is 0.418. The predicted molar refractivity (Wildman–Crippen MR) is 105 cm³/mol. The van der Waals surface area contributed by atoms with Crippen molar-refractivity contribution in [3.63, 3.8) is 0 Å². The average molecular weight is 376 g/mol. The molecule has 0 radical (unpaired) electrons. The van der Waals surface area contributed by atoms with Crippen LogP contribution in [0.1, 0.15) is 39.2 Å². The van der Waals surface area contributed by atoms with Crippen LogP contribution >= 0.6 is 0 Å². The fourth-order valence-electron chi connectivity index (χ4n) is 3.02. The number of hydrogen-bond donors (Lipinski definition) is 1. The molecule has 27 heavy (non-hydrogen) atoms. The maximum absolute atomic E-state index is 12.8. The maximum atomic E-state index is 12.8. The highest BCUT2D eigenvalue weighted by molar-refractivity contribution is 5.87. The molecule has 0 bridgehead atoms. The van der Waals surface area contributed by atoms with Gasteiger partial charge in [-0.1, -0.05) is 30.3 Å². The fraction of sp³-hybridized carbons (Fsp3) is 0.619. The van der Waals surface area contributed by atoms with Gasteiger partial charge in [-0.25, -0.2) is 4.79 Å². The zero-order valence-electron chi connectivity index (χ0n) is 16.7. The van der Waals surface area contributed by atoms with Crippen molar-refractivity contribution in [2.24, 2.45) is 0 Å². The molecule has 0 aliphatic carbocycles. The SMILES string of the molecule is CC(C)(C)OC(=O)N[C@@H](Cc1ccccc1)C(=O)CCCN1CCOCC1. The number of alkyl carbamates (subject to hydrolysis) is 1. The van der Waals surface area contributed by atoms with Crippen molar-refractivity contribution >= 4 is 11.9 Å². The molecular weight excluding hydrogens is 344 g/mol. The van der Waals surface area contributed by atoms with Crippen LogP contribution in [0.3, 0.4) is 0 Å². The molecule has 1 saturated heterocycles. The number of Topliss-reactive ketones (excluding diaryl/α,β-unsaturated/α-hetero) is 1. The zero-order valence-corrected chi connectivity index (χ0v) is 16.7. The summed E-state index contributed by atoms with van der Waals surface area (Å²) in [5.74, 6) is 0.0398. The van der Waals surface area contributed by atoms with Crippen molar-refractivity contribution in [2.45, 2.75) is 51.7 Å². The normalized spacial score (nSPS) is 16.6. The minimum atomic E-state index is -0.596. The summed E-state index contributed by atoms with van der Waals surface area (Å²) in [5, 5.41) is 2.77. The lowest BCUT2D eigenvalue weighted by Crippen LogP contribution is -2.45. The van der Waals surface area contributed by atoms with E-state index in [-0.39, 0.29) is 5.78 Å². The molecule has 0 aromatic heterocycles. The molecule has 150 valence electrons. The van der Waals surface area contributed by atoms with E-state index in [1.54, 1.807) is 0 Å². The third-order valence-corrected chi connectivity index (χ3v) is 4.36. The number of carbonyl (C=O) groups excluding carboxylic acids is 2. The van der Waals surface area contributed by atoms with Crippen LogP contribution < -0.4 is 5.32 Å². The largest absolute Gasteiger partial charge is 0.444 e. The zero-order chi connectivity index (χ0) is 19.7. The Balaban J connectivity index is 1.90. The minimum Gasteiger partial charge on any atom is -0.444 e. The van der Waals surface area contributed by atoms with Gasteiger partial charge in [-0.15, -0.1) is 0 Å². The van der Waals surface area contributed by atoms with Gasteiger partial charge in [0.2, 0.25) is 0 Å². The molecule has 0 saturated carbocycles. The lowest BCUT2D eigenvalue weighted by Gasteiger charge is -2.27. The van der Waals surface area contributed by atoms with Gasteiger partial charge < -0.3 is 14.8 Å². The smallest absolute Gasteiger partial charge is 0.408 e. The van der Waals surface area contributed by atoms with Gasteiger partial charge in [0.1, 0.15) is 5.60 Å². The second-order valence-corrected chi connectivity index (χ2v) is 7.91. The van der Waals surface area contributed by atoms with Crippen molar-refractivity contribution in [3.8, 4) is 0 Å². The molecule has 1 aliphatic rings. The Morgan fingerprint density at radius 3 is 2.48 bits per heavy atom. The van der Waals surface area contributed by atoms with Crippen LogP contribution in [0.2, 0.25) is 0 Å². The second kappa shape index (κ2) is 10.4. The Labute approximate surface area is 162 Å². The third-order valence-electron chi connectivity index (χ3n) is 4.36. The van der Waals surface area contributed by atoms with E-state index in [4.69, 9.17) is 9.47 Å². The molecule has 1 aromatic carbocycles. The second-order valence-electron chi connectivity index (χ2n) is 7.91. The van der Waals surface area contributed by atoms with Gasteiger partial charge in [-0.05, 0) is 45.7 Å². The number of hydrogen-bond acceptors (Lipinski definition) is 5. The Bertz CT molecular complexity index is 592. The van der Waals surface area contributed by atoms with Crippen LogP contribution in [0.4, 0.5) is 4.79 Å². The quantitative estimate of drug-likeness (QED) is 0.756. The Morgan fingerprint density at radius 1 is 1.19 bits per heavy atom. The molecule has 0 unspecified atom stereocenters. The van der Waals surface area contributed by atoms with Crippen LogP contribution in [0.5, 0.6) is 0 Å². The first-order chi connectivity index (χ1) is 12.8. The van der Waals surface area contributed by atoms with Crippen LogP contribution in [-0.2, 0) is 20.7 Å². The first kappa shape index (κ1) is 21.4. The maximum Gasteiger partial charge on any atom is 0.408 e. The van der Waals surface area contributed by atoms with E-state index in [1.165, 1.54) is 0 Å². The van der Waals surface area contributed by atoms with E-state index in [0.717, 1.165) is 44.8 Å². The third kappa shape index (κ3) is 8.54. The van der Waals surface area contributed by atoms with Gasteiger partial charge in [-0.3, -0.25) is 9.69 Å². The van der Waals surface area contributed by atoms with Crippen LogP contribution in [0.25, 0.3) is 0 Å². The van der Waals surface area contributed by atoms with Gasteiger partial charge >= 0.3 is 6.09 Å². The van der Waals surface area contributed by atoms with E-state index < -0.39 is 17.7 Å². The number of ketones is 1. The number of ether oxygens (including phenoxy) is 2. The van der Waals surface area contributed by atoms with Gasteiger partial charge in [0.15, 0.2) is 5.78 Å². The van der Waals surface area contributed by atoms with Crippen molar-refractivity contribution in [2.75, 3.05) is 32.8 Å². The predicted octanol–water partition coefficient (Wildman–Crippen LogP) is 2.80. The monoisotopic (exact) mass is 376 g/mol. The number of nitrogens with one attached hydrogen (secondary N) is 1. The molecule has 1 fully saturated rings. The number of morpholine rings is 1. The molecule has 6 heteroatoms. The number of amides is 1. The first-order valence-electron chi connectivity index (χ1n) is 9.70. The molecular formula is C21H32N2O4. The summed E-state index contributed by atoms with van der Waals surface area (Å²) >= 11 is 0. The van der Waals surface area contributed by atoms with Crippen molar-refractivity contribution in [1.82, 2.24) is 10.2 Å². The summed E-state index contributed by atoms with van der Waals surface area (Å²) in [6, 6.07) is 9.15. The molecule has 1 atom stereocenters. The summed E-state index contributed by atoms with van der Waals surface area (Å²) in [7, 11) is 0. The standard InChI is InChI=1S/C21H32N2O4/c1-21(2,3)27-20(25)22-18(16-17-8-5-4-6-9-17)19(24)10-7-11-23-12-14-26-15-13-23/h4-6,8-9,18H,7,10-16H2,1-3H3,(H,22,25)/t18-/m0/s1. The van der Waals surface area contributed by atoms with Crippen LogP contribution in [-0.4, -0.2) is 61.3 Å². The van der Waals surface area contributed by atoms with Crippen molar-refractivity contribution in [3.05, 3.63) is 35.9 Å². The summed E-state index contributed by atoms with van der Waals surface area (Å²) in [4.78, 5) is 27.3. The van der Waals surface area contributed by atoms with Gasteiger partial charge in [0.05, 0.1) is 19.3 Å². The summed E-state index contributed by atoms with van der Waals surface area (Å²) in [6.45, 7) is 9.64. The van der Waals surface area contributed by atoms with Crippen LogP contribution in [0, 0.1) is 0 Å². The van der Waals surface area contributed by atoms with Crippen molar-refractivity contribution < 1.29 is 19.1 Å². The Morgan fingerprint density at radius 2 is 1.85 bits per heavy atom. The first-order valence-corrected chi connectivity index (χ1v) is 9.70. The number of rotatable bonds is 8. The van der Waals surface area contributed by atoms with E-state index in [9.17, 15) is 9.59 Å². The molecule has 1 aliphatic heterocycles. The number of nitrogens with zero attached hydrogens (tertiary/aromatic N) is 1. The van der Waals surface area contributed by atoms with Crippen molar-refractivity contribution in [1.29, 1.82) is 0 Å². The van der Waals surface area contributed by atoms with Gasteiger partial charge in [0.25, 0.3) is 0 Å². The van der Waals surface area contributed by atoms with E-state index >= 15 is 0 Å². The molecule has 1 aromatic rings. The molecule has 0 spiro atoms. The Hall–Kier alpha value is -1.92. The molecule has 2 rings (SSSR count). The molecule has 1 heterocycles. The average Bonchev–Trinajstić information content (AvgIpc) is 2.61. The number of benzene rings is 1. The summed E-state index contributed by atoms with van der Waals surface area (Å²) in [6.07, 6.45) is 1.13. The highest BCUT2D eigenvalue weighted by Crippen LogP contribution is 2.11. The van der Waals surface area contributed by atoms with E-state index in [2.05, 4.69) is 10.2 Å². The van der Waals surface area contributed by atoms with Crippen LogP contribution in [0.15, 0.2) is 30.3 Å². The lowest BCUT2D eigenvalue weighted by molar-refractivity contribution is -0.121. The highest BCUT2D eigenvalue weighted by atomic mass is 16.6. The molecule has 1 N–H and O–H groups in total. The van der Waals surface area contributed by atoms with Gasteiger partial charge in [0, 0.05) is 19.5 Å². The topological polar surface area (TPSA) is 67.9 Å². The number of carbonyl (C=O) groups is 2. The summed E-state index contributed by atoms with van der Waals surface area (Å²) < 4.78 is 10.7. The van der Waals surface area contributed by atoms with Gasteiger partial charge in [-0.2, -0.15) is 0 Å². The lowest BCUT2D eigenvalue weighted by atomic mass is 9.99. The Kier molecular flexibility index (Phi) is 8.25.